The molecule has 0 aliphatic carbocycles. The smallest absolute Gasteiger partial charge is 0.0896 e. The van der Waals surface area contributed by atoms with E-state index in [0.29, 0.717) is 5.92 Å². The molecule has 3 aromatic rings. The molecule has 1 aliphatic heterocycles. The second-order valence-electron chi connectivity index (χ2n) is 6.12. The highest BCUT2D eigenvalue weighted by atomic mass is 16.5. The van der Waals surface area contributed by atoms with Gasteiger partial charge in [0.2, 0.25) is 0 Å². The van der Waals surface area contributed by atoms with Crippen LogP contribution in [-0.2, 0) is 18.3 Å². The molecule has 0 saturated carbocycles. The Kier molecular flexibility index (Phi) is 3.85. The molecule has 0 aromatic carbocycles. The van der Waals surface area contributed by atoms with E-state index in [2.05, 4.69) is 21.6 Å². The highest BCUT2D eigenvalue weighted by Crippen LogP contribution is 2.33. The summed E-state index contributed by atoms with van der Waals surface area (Å²) in [6, 6.07) is 6.14. The fraction of sp³-hybridized carbons (Fsp3) is 0.412. The average Bonchev–Trinajstić information content (AvgIpc) is 3.27. The van der Waals surface area contributed by atoms with Gasteiger partial charge in [0.25, 0.3) is 0 Å². The van der Waals surface area contributed by atoms with E-state index in [1.165, 1.54) is 11.1 Å². The number of pyridine rings is 1. The molecular formula is C17H21N5O. The fourth-order valence-electron chi connectivity index (χ4n) is 3.31. The summed E-state index contributed by atoms with van der Waals surface area (Å²) in [5.74, 6) is 0.487. The predicted molar refractivity (Wildman–Crippen MR) is 86.9 cm³/mol. The van der Waals surface area contributed by atoms with Crippen LogP contribution in [0.1, 0.15) is 23.7 Å². The van der Waals surface area contributed by atoms with Gasteiger partial charge in [0.05, 0.1) is 24.0 Å². The van der Waals surface area contributed by atoms with Crippen LogP contribution < -0.4 is 5.32 Å². The summed E-state index contributed by atoms with van der Waals surface area (Å²) >= 11 is 0. The molecule has 1 saturated heterocycles. The highest BCUT2D eigenvalue weighted by Gasteiger charge is 2.30. The molecule has 0 spiro atoms. The first-order valence-electron chi connectivity index (χ1n) is 8.03. The van der Waals surface area contributed by atoms with Gasteiger partial charge in [-0.15, -0.1) is 0 Å². The summed E-state index contributed by atoms with van der Waals surface area (Å²) in [5, 5.41) is 12.2. The van der Waals surface area contributed by atoms with E-state index in [9.17, 15) is 0 Å². The summed E-state index contributed by atoms with van der Waals surface area (Å²) in [6.07, 6.45) is 9.11. The standard InChI is InChI=1S/C17H21N5O/c1-21-12-15(11-19-21)17-13(5-7-23-17)8-18-9-14-10-20-22-6-3-2-4-16(14)22/h2-4,6,10-13,17-18H,5,7-9H2,1H3/t13-,17-/m0/s1. The van der Waals surface area contributed by atoms with E-state index in [1.807, 2.05) is 53.2 Å². The van der Waals surface area contributed by atoms with Gasteiger partial charge in [0, 0.05) is 56.2 Å². The molecule has 120 valence electrons. The number of hydrogen-bond donors (Lipinski definition) is 1. The molecule has 6 nitrogen and oxygen atoms in total. The Morgan fingerprint density at radius 2 is 2.26 bits per heavy atom. The number of aryl methyl sites for hydroxylation is 1. The molecule has 1 N–H and O–H groups in total. The maximum Gasteiger partial charge on any atom is 0.0896 e. The van der Waals surface area contributed by atoms with E-state index in [0.717, 1.165) is 31.6 Å². The zero-order valence-corrected chi connectivity index (χ0v) is 13.2. The van der Waals surface area contributed by atoms with Crippen molar-refractivity contribution in [1.29, 1.82) is 0 Å². The monoisotopic (exact) mass is 311 g/mol. The number of rotatable bonds is 5. The van der Waals surface area contributed by atoms with Crippen LogP contribution in [0.3, 0.4) is 0 Å². The van der Waals surface area contributed by atoms with Gasteiger partial charge in [-0.05, 0) is 18.6 Å². The van der Waals surface area contributed by atoms with Crippen LogP contribution in [0, 0.1) is 5.92 Å². The van der Waals surface area contributed by atoms with Crippen molar-refractivity contribution in [3.05, 3.63) is 54.1 Å². The van der Waals surface area contributed by atoms with Crippen molar-refractivity contribution in [2.24, 2.45) is 13.0 Å². The Balaban J connectivity index is 1.39. The Morgan fingerprint density at radius 1 is 1.30 bits per heavy atom. The molecule has 1 fully saturated rings. The van der Waals surface area contributed by atoms with Gasteiger partial charge >= 0.3 is 0 Å². The van der Waals surface area contributed by atoms with Crippen LogP contribution in [0.5, 0.6) is 0 Å². The van der Waals surface area contributed by atoms with Crippen molar-refractivity contribution in [1.82, 2.24) is 24.7 Å². The number of ether oxygens (including phenoxy) is 1. The number of nitrogens with one attached hydrogen (secondary N) is 1. The van der Waals surface area contributed by atoms with Gasteiger partial charge < -0.3 is 10.1 Å². The van der Waals surface area contributed by atoms with Gasteiger partial charge in [-0.1, -0.05) is 6.07 Å². The molecule has 0 radical (unpaired) electrons. The minimum absolute atomic E-state index is 0.153. The molecule has 0 unspecified atom stereocenters. The van der Waals surface area contributed by atoms with Gasteiger partial charge in [-0.25, -0.2) is 4.52 Å². The molecular weight excluding hydrogens is 290 g/mol. The first-order chi connectivity index (χ1) is 11.3. The van der Waals surface area contributed by atoms with Crippen LogP contribution >= 0.6 is 0 Å². The zero-order chi connectivity index (χ0) is 15.6. The van der Waals surface area contributed by atoms with Crippen molar-refractivity contribution in [2.45, 2.75) is 19.1 Å². The van der Waals surface area contributed by atoms with Crippen LogP contribution in [-0.4, -0.2) is 32.5 Å². The van der Waals surface area contributed by atoms with Gasteiger partial charge in [-0.2, -0.15) is 10.2 Å². The highest BCUT2D eigenvalue weighted by molar-refractivity contribution is 5.53. The molecule has 4 heterocycles. The lowest BCUT2D eigenvalue weighted by molar-refractivity contribution is 0.0904. The number of nitrogens with zero attached hydrogens (tertiary/aromatic N) is 4. The molecule has 4 rings (SSSR count). The van der Waals surface area contributed by atoms with Crippen LogP contribution in [0.2, 0.25) is 0 Å². The number of fused-ring (bicyclic) bond motifs is 1. The summed E-state index contributed by atoms with van der Waals surface area (Å²) in [5.41, 5.74) is 3.56. The third kappa shape index (κ3) is 2.87. The Morgan fingerprint density at radius 3 is 3.13 bits per heavy atom. The molecule has 2 atom stereocenters. The molecule has 0 amide bonds. The predicted octanol–water partition coefficient (Wildman–Crippen LogP) is 1.94. The lowest BCUT2D eigenvalue weighted by Gasteiger charge is -2.17. The second kappa shape index (κ2) is 6.14. The minimum Gasteiger partial charge on any atom is -0.373 e. The SMILES string of the molecule is Cn1cc([C@H]2OCC[C@H]2CNCc2cnn3ccccc23)cn1. The molecule has 0 bridgehead atoms. The van der Waals surface area contributed by atoms with Gasteiger partial charge in [0.15, 0.2) is 0 Å². The van der Waals surface area contributed by atoms with Gasteiger partial charge in [-0.3, -0.25) is 4.68 Å². The van der Waals surface area contributed by atoms with E-state index in [4.69, 9.17) is 4.74 Å². The van der Waals surface area contributed by atoms with Crippen LogP contribution in [0.4, 0.5) is 0 Å². The quantitative estimate of drug-likeness (QED) is 0.782. The Labute approximate surface area is 135 Å². The molecule has 1 aliphatic rings. The van der Waals surface area contributed by atoms with E-state index < -0.39 is 0 Å². The Bertz CT molecular complexity index is 793. The number of hydrogen-bond acceptors (Lipinski definition) is 4. The van der Waals surface area contributed by atoms with Gasteiger partial charge in [0.1, 0.15) is 0 Å². The Hall–Kier alpha value is -2.18. The summed E-state index contributed by atoms with van der Waals surface area (Å²) in [6.45, 7) is 2.58. The summed E-state index contributed by atoms with van der Waals surface area (Å²) in [4.78, 5) is 0. The van der Waals surface area contributed by atoms with Crippen molar-refractivity contribution < 1.29 is 4.74 Å². The van der Waals surface area contributed by atoms with Crippen molar-refractivity contribution in [3.63, 3.8) is 0 Å². The first-order valence-corrected chi connectivity index (χ1v) is 8.03. The van der Waals surface area contributed by atoms with Crippen molar-refractivity contribution >= 4 is 5.52 Å². The van der Waals surface area contributed by atoms with Crippen LogP contribution in [0.15, 0.2) is 43.0 Å². The maximum absolute atomic E-state index is 5.91. The molecule has 6 heteroatoms. The van der Waals surface area contributed by atoms with E-state index in [-0.39, 0.29) is 6.10 Å². The number of aromatic nitrogens is 4. The topological polar surface area (TPSA) is 56.4 Å². The summed E-state index contributed by atoms with van der Waals surface area (Å²) in [7, 11) is 1.94. The third-order valence-electron chi connectivity index (χ3n) is 4.50. The van der Waals surface area contributed by atoms with E-state index in [1.54, 1.807) is 0 Å². The average molecular weight is 311 g/mol. The lowest BCUT2D eigenvalue weighted by atomic mass is 9.97. The summed E-state index contributed by atoms with van der Waals surface area (Å²) < 4.78 is 9.66. The fourth-order valence-corrected chi connectivity index (χ4v) is 3.31. The maximum atomic E-state index is 5.91. The third-order valence-corrected chi connectivity index (χ3v) is 4.50. The first kappa shape index (κ1) is 14.4. The zero-order valence-electron chi connectivity index (χ0n) is 13.2. The molecule has 3 aromatic heterocycles. The second-order valence-corrected chi connectivity index (χ2v) is 6.12. The minimum atomic E-state index is 0.153. The lowest BCUT2D eigenvalue weighted by Crippen LogP contribution is -2.24. The van der Waals surface area contributed by atoms with Crippen molar-refractivity contribution in [3.8, 4) is 0 Å². The largest absolute Gasteiger partial charge is 0.373 e. The van der Waals surface area contributed by atoms with E-state index >= 15 is 0 Å². The molecule has 23 heavy (non-hydrogen) atoms. The van der Waals surface area contributed by atoms with Crippen LogP contribution in [0.25, 0.3) is 5.52 Å². The van der Waals surface area contributed by atoms with Crippen molar-refractivity contribution in [2.75, 3.05) is 13.2 Å². The normalized spacial score (nSPS) is 21.3.